The van der Waals surface area contributed by atoms with Crippen LogP contribution in [0.25, 0.3) is 0 Å². The second-order valence-electron chi connectivity index (χ2n) is 4.23. The van der Waals surface area contributed by atoms with Crippen LogP contribution in [0.2, 0.25) is 0 Å². The Morgan fingerprint density at radius 2 is 2.00 bits per heavy atom. The third kappa shape index (κ3) is 1.95. The summed E-state index contributed by atoms with van der Waals surface area (Å²) >= 11 is 0. The summed E-state index contributed by atoms with van der Waals surface area (Å²) in [6, 6.07) is 7.70. The lowest BCUT2D eigenvalue weighted by atomic mass is 10.1. The molecular weight excluding hydrogens is 200 g/mol. The average molecular weight is 216 g/mol. The van der Waals surface area contributed by atoms with Crippen LogP contribution in [0.4, 0.5) is 11.4 Å². The van der Waals surface area contributed by atoms with E-state index in [1.54, 1.807) is 17.1 Å². The number of anilines is 2. The molecule has 0 amide bonds. The number of hydrogen-bond donors (Lipinski definition) is 2. The molecule has 1 saturated carbocycles. The Kier molecular flexibility index (Phi) is 2.97. The van der Waals surface area contributed by atoms with Crippen molar-refractivity contribution in [3.8, 4) is 6.07 Å². The van der Waals surface area contributed by atoms with Crippen molar-refractivity contribution in [3.63, 3.8) is 0 Å². The Bertz CT molecular complexity index is 416. The van der Waals surface area contributed by atoms with E-state index in [1.807, 2.05) is 6.07 Å². The van der Waals surface area contributed by atoms with Crippen molar-refractivity contribution in [2.24, 2.45) is 5.84 Å². The van der Waals surface area contributed by atoms with Gasteiger partial charge < -0.3 is 10.7 Å². The molecule has 1 aliphatic rings. The van der Waals surface area contributed by atoms with E-state index < -0.39 is 0 Å². The molecule has 1 fully saturated rings. The van der Waals surface area contributed by atoms with Gasteiger partial charge in [-0.15, -0.1) is 0 Å². The molecule has 4 heteroatoms. The van der Waals surface area contributed by atoms with Crippen LogP contribution in [0, 0.1) is 11.3 Å². The fraction of sp³-hybridized carbons (Fsp3) is 0.417. The number of nitrogens with zero attached hydrogens (tertiary/aromatic N) is 2. The van der Waals surface area contributed by atoms with Gasteiger partial charge in [-0.3, -0.25) is 0 Å². The predicted octanol–water partition coefficient (Wildman–Crippen LogP) is 1.76. The molecule has 0 spiro atoms. The van der Waals surface area contributed by atoms with Crippen molar-refractivity contribution < 1.29 is 0 Å². The van der Waals surface area contributed by atoms with Crippen molar-refractivity contribution in [2.45, 2.75) is 31.7 Å². The van der Waals surface area contributed by atoms with Crippen LogP contribution in [-0.4, -0.2) is 6.04 Å². The highest BCUT2D eigenvalue weighted by atomic mass is 15.4. The lowest BCUT2D eigenvalue weighted by Crippen LogP contribution is -2.40. The van der Waals surface area contributed by atoms with Crippen molar-refractivity contribution in [3.05, 3.63) is 23.8 Å². The Morgan fingerprint density at radius 1 is 1.31 bits per heavy atom. The number of hydrogen-bond acceptors (Lipinski definition) is 4. The minimum Gasteiger partial charge on any atom is -0.397 e. The van der Waals surface area contributed by atoms with Crippen LogP contribution in [0.15, 0.2) is 18.2 Å². The Labute approximate surface area is 95.4 Å². The standard InChI is InChI=1S/C12H16N4/c13-8-9-5-6-12(11(14)7-9)16(15)10-3-1-2-4-10/h5-7,10H,1-4,14-15H2. The average Bonchev–Trinajstić information content (AvgIpc) is 2.81. The minimum atomic E-state index is 0.384. The zero-order chi connectivity index (χ0) is 11.5. The number of benzene rings is 1. The van der Waals surface area contributed by atoms with Crippen molar-refractivity contribution >= 4 is 11.4 Å². The summed E-state index contributed by atoms with van der Waals surface area (Å²) in [7, 11) is 0. The molecule has 4 nitrogen and oxygen atoms in total. The first kappa shape index (κ1) is 10.8. The summed E-state index contributed by atoms with van der Waals surface area (Å²) in [4.78, 5) is 0. The molecule has 0 heterocycles. The quantitative estimate of drug-likeness (QED) is 0.448. The number of nitrogens with two attached hydrogens (primary N) is 2. The highest BCUT2D eigenvalue weighted by Crippen LogP contribution is 2.29. The first-order valence-electron chi connectivity index (χ1n) is 5.56. The topological polar surface area (TPSA) is 79.1 Å². The smallest absolute Gasteiger partial charge is 0.0992 e. The Hall–Kier alpha value is -1.73. The van der Waals surface area contributed by atoms with Crippen LogP contribution >= 0.6 is 0 Å². The number of hydrazine groups is 1. The molecule has 4 N–H and O–H groups in total. The first-order valence-corrected chi connectivity index (χ1v) is 5.56. The molecular formula is C12H16N4. The van der Waals surface area contributed by atoms with Crippen molar-refractivity contribution in [1.29, 1.82) is 5.26 Å². The molecule has 2 rings (SSSR count). The lowest BCUT2D eigenvalue weighted by molar-refractivity contribution is 0.624. The lowest BCUT2D eigenvalue weighted by Gasteiger charge is -2.26. The SMILES string of the molecule is N#Cc1ccc(N(N)C2CCCC2)c(N)c1. The first-order chi connectivity index (χ1) is 7.72. The maximum Gasteiger partial charge on any atom is 0.0992 e. The maximum absolute atomic E-state index is 8.75. The van der Waals surface area contributed by atoms with Crippen LogP contribution in [-0.2, 0) is 0 Å². The van der Waals surface area contributed by atoms with Gasteiger partial charge in [-0.2, -0.15) is 5.26 Å². The van der Waals surface area contributed by atoms with E-state index in [1.165, 1.54) is 12.8 Å². The van der Waals surface area contributed by atoms with Crippen LogP contribution in [0.5, 0.6) is 0 Å². The van der Waals surface area contributed by atoms with Crippen LogP contribution < -0.4 is 16.6 Å². The molecule has 0 bridgehead atoms. The summed E-state index contributed by atoms with van der Waals surface area (Å²) < 4.78 is 0. The van der Waals surface area contributed by atoms with E-state index in [4.69, 9.17) is 16.8 Å². The van der Waals surface area contributed by atoms with E-state index in [-0.39, 0.29) is 0 Å². The normalized spacial score (nSPS) is 16.0. The highest BCUT2D eigenvalue weighted by Gasteiger charge is 2.21. The van der Waals surface area contributed by atoms with Crippen molar-refractivity contribution in [2.75, 3.05) is 10.7 Å². The Balaban J connectivity index is 2.23. The van der Waals surface area contributed by atoms with E-state index in [0.717, 1.165) is 18.5 Å². The monoisotopic (exact) mass is 216 g/mol. The van der Waals surface area contributed by atoms with Gasteiger partial charge in [0.25, 0.3) is 0 Å². The van der Waals surface area contributed by atoms with E-state index in [0.29, 0.717) is 17.3 Å². The van der Waals surface area contributed by atoms with Gasteiger partial charge in [-0.1, -0.05) is 12.8 Å². The minimum absolute atomic E-state index is 0.384. The van der Waals surface area contributed by atoms with Gasteiger partial charge in [-0.25, -0.2) is 5.84 Å². The maximum atomic E-state index is 8.75. The highest BCUT2D eigenvalue weighted by molar-refractivity contribution is 5.69. The molecule has 16 heavy (non-hydrogen) atoms. The fourth-order valence-corrected chi connectivity index (χ4v) is 2.24. The molecule has 0 radical (unpaired) electrons. The molecule has 0 aromatic heterocycles. The zero-order valence-electron chi connectivity index (χ0n) is 9.19. The van der Waals surface area contributed by atoms with Gasteiger partial charge in [0, 0.05) is 6.04 Å². The number of nitrogen functional groups attached to an aromatic ring is 1. The van der Waals surface area contributed by atoms with Gasteiger partial charge in [0.1, 0.15) is 0 Å². The van der Waals surface area contributed by atoms with E-state index >= 15 is 0 Å². The summed E-state index contributed by atoms with van der Waals surface area (Å²) in [6.45, 7) is 0. The summed E-state index contributed by atoms with van der Waals surface area (Å²) in [5.41, 5.74) is 7.87. The molecule has 84 valence electrons. The van der Waals surface area contributed by atoms with Crippen LogP contribution in [0.3, 0.4) is 0 Å². The molecule has 1 aliphatic carbocycles. The van der Waals surface area contributed by atoms with Gasteiger partial charge in [0.15, 0.2) is 0 Å². The number of nitriles is 1. The van der Waals surface area contributed by atoms with Gasteiger partial charge in [0.2, 0.25) is 0 Å². The summed E-state index contributed by atoms with van der Waals surface area (Å²) in [5, 5.41) is 10.5. The molecule has 0 saturated heterocycles. The van der Waals surface area contributed by atoms with Gasteiger partial charge >= 0.3 is 0 Å². The van der Waals surface area contributed by atoms with Gasteiger partial charge in [0.05, 0.1) is 23.0 Å². The fourth-order valence-electron chi connectivity index (χ4n) is 2.24. The predicted molar refractivity (Wildman–Crippen MR) is 64.5 cm³/mol. The Morgan fingerprint density at radius 3 is 2.56 bits per heavy atom. The van der Waals surface area contributed by atoms with Crippen molar-refractivity contribution in [1.82, 2.24) is 0 Å². The van der Waals surface area contributed by atoms with E-state index in [2.05, 4.69) is 6.07 Å². The molecule has 0 unspecified atom stereocenters. The summed E-state index contributed by atoms with van der Waals surface area (Å²) in [5.74, 6) is 6.06. The number of rotatable bonds is 2. The zero-order valence-corrected chi connectivity index (χ0v) is 9.19. The molecule has 0 atom stereocenters. The second-order valence-corrected chi connectivity index (χ2v) is 4.23. The largest absolute Gasteiger partial charge is 0.397 e. The van der Waals surface area contributed by atoms with E-state index in [9.17, 15) is 0 Å². The second kappa shape index (κ2) is 4.42. The third-order valence-corrected chi connectivity index (χ3v) is 3.15. The molecule has 1 aromatic carbocycles. The molecule has 0 aliphatic heterocycles. The molecule has 1 aromatic rings. The third-order valence-electron chi connectivity index (χ3n) is 3.15. The van der Waals surface area contributed by atoms with Gasteiger partial charge in [-0.05, 0) is 31.0 Å². The van der Waals surface area contributed by atoms with Crippen LogP contribution in [0.1, 0.15) is 31.2 Å². The summed E-state index contributed by atoms with van der Waals surface area (Å²) in [6.07, 6.45) is 4.70.